The molecule has 8 heteroatoms. The van der Waals surface area contributed by atoms with Gasteiger partial charge in [0.2, 0.25) is 5.91 Å². The first kappa shape index (κ1) is 22.5. The number of amides is 2. The summed E-state index contributed by atoms with van der Waals surface area (Å²) in [5.41, 5.74) is 1.70. The molecule has 0 saturated carbocycles. The lowest BCUT2D eigenvalue weighted by Gasteiger charge is -2.25. The molecule has 1 atom stereocenters. The van der Waals surface area contributed by atoms with Crippen LogP contribution in [0.5, 0.6) is 0 Å². The van der Waals surface area contributed by atoms with Gasteiger partial charge in [-0.25, -0.2) is 8.42 Å². The Morgan fingerprint density at radius 2 is 1.81 bits per heavy atom. The van der Waals surface area contributed by atoms with Gasteiger partial charge >= 0.3 is 0 Å². The van der Waals surface area contributed by atoms with Crippen LogP contribution in [0.15, 0.2) is 54.6 Å². The van der Waals surface area contributed by atoms with E-state index in [1.54, 1.807) is 29.2 Å². The molecule has 2 amide bonds. The number of rotatable bonds is 8. The lowest BCUT2D eigenvalue weighted by Crippen LogP contribution is -2.42. The molecule has 1 fully saturated rings. The van der Waals surface area contributed by atoms with Crippen molar-refractivity contribution in [1.82, 2.24) is 10.2 Å². The molecule has 1 aliphatic heterocycles. The maximum atomic E-state index is 12.7. The van der Waals surface area contributed by atoms with Crippen molar-refractivity contribution in [3.8, 4) is 12.3 Å². The van der Waals surface area contributed by atoms with Crippen LogP contribution in [0.25, 0.3) is 0 Å². The Bertz CT molecular complexity index is 1080. The lowest BCUT2D eigenvalue weighted by atomic mass is 10.1. The summed E-state index contributed by atoms with van der Waals surface area (Å²) >= 11 is 0. The average molecular weight is 440 g/mol. The Hall–Kier alpha value is -3.15. The van der Waals surface area contributed by atoms with Gasteiger partial charge in [-0.1, -0.05) is 48.4 Å². The first-order valence-corrected chi connectivity index (χ1v) is 11.8. The van der Waals surface area contributed by atoms with E-state index in [4.69, 9.17) is 6.42 Å². The van der Waals surface area contributed by atoms with Crippen molar-refractivity contribution in [2.75, 3.05) is 29.9 Å². The van der Waals surface area contributed by atoms with E-state index in [1.807, 2.05) is 30.3 Å². The Morgan fingerprint density at radius 3 is 2.48 bits per heavy atom. The first-order valence-electron chi connectivity index (χ1n) is 9.97. The van der Waals surface area contributed by atoms with Crippen molar-refractivity contribution in [1.29, 1.82) is 0 Å². The third-order valence-electron chi connectivity index (χ3n) is 5.11. The Morgan fingerprint density at radius 1 is 1.10 bits per heavy atom. The maximum absolute atomic E-state index is 12.7. The Balaban J connectivity index is 1.64. The number of carbonyl (C=O) groups excluding carboxylic acids is 2. The fourth-order valence-corrected chi connectivity index (χ4v) is 5.29. The number of terminal acetylenes is 1. The minimum atomic E-state index is -3.10. The smallest absolute Gasteiger partial charge is 0.253 e. The zero-order valence-electron chi connectivity index (χ0n) is 17.1. The normalized spacial score (nSPS) is 17.1. The van der Waals surface area contributed by atoms with Crippen LogP contribution in [0, 0.1) is 12.3 Å². The van der Waals surface area contributed by atoms with Crippen molar-refractivity contribution < 1.29 is 18.0 Å². The fraction of sp³-hybridized carbons (Fsp3) is 0.304. The second-order valence-corrected chi connectivity index (χ2v) is 9.66. The van der Waals surface area contributed by atoms with Gasteiger partial charge in [-0.2, -0.15) is 0 Å². The summed E-state index contributed by atoms with van der Waals surface area (Å²) in [6.07, 6.45) is 5.87. The minimum Gasteiger partial charge on any atom is -0.348 e. The predicted molar refractivity (Wildman–Crippen MR) is 120 cm³/mol. The molecule has 0 bridgehead atoms. The van der Waals surface area contributed by atoms with E-state index < -0.39 is 9.84 Å². The number of sulfone groups is 1. The van der Waals surface area contributed by atoms with E-state index >= 15 is 0 Å². The number of nitrogens with one attached hydrogen (secondary N) is 2. The van der Waals surface area contributed by atoms with E-state index in [1.165, 1.54) is 0 Å². The number of benzene rings is 2. The summed E-state index contributed by atoms with van der Waals surface area (Å²) in [5, 5.41) is 5.61. The van der Waals surface area contributed by atoms with Crippen LogP contribution >= 0.6 is 0 Å². The second-order valence-electron chi connectivity index (χ2n) is 7.43. The van der Waals surface area contributed by atoms with E-state index in [2.05, 4.69) is 16.6 Å². The van der Waals surface area contributed by atoms with Crippen molar-refractivity contribution in [3.63, 3.8) is 0 Å². The van der Waals surface area contributed by atoms with Crippen LogP contribution in [-0.4, -0.2) is 55.8 Å². The van der Waals surface area contributed by atoms with Crippen LogP contribution in [0.2, 0.25) is 0 Å². The molecule has 31 heavy (non-hydrogen) atoms. The molecule has 1 heterocycles. The number of nitrogens with zero attached hydrogens (tertiary/aromatic N) is 1. The highest BCUT2D eigenvalue weighted by molar-refractivity contribution is 7.91. The molecule has 3 rings (SSSR count). The standard InChI is InChI=1S/C23H25N3O4S/c1-2-13-26(19-12-14-31(29,30)17-19)16-22(27)25-21-11-7-6-10-20(21)23(28)24-15-18-8-4-3-5-9-18/h1,3-11,19H,12-17H2,(H,24,28)(H,25,27). The lowest BCUT2D eigenvalue weighted by molar-refractivity contribution is -0.117. The van der Waals surface area contributed by atoms with Crippen LogP contribution in [-0.2, 0) is 21.2 Å². The molecule has 0 radical (unpaired) electrons. The monoisotopic (exact) mass is 439 g/mol. The molecule has 1 unspecified atom stereocenters. The number of hydrogen-bond acceptors (Lipinski definition) is 5. The summed E-state index contributed by atoms with van der Waals surface area (Å²) in [6.45, 7) is 0.491. The number of para-hydroxylation sites is 1. The molecule has 1 aliphatic rings. The number of carbonyl (C=O) groups is 2. The zero-order valence-corrected chi connectivity index (χ0v) is 17.9. The van der Waals surface area contributed by atoms with E-state index in [0.29, 0.717) is 24.2 Å². The Kier molecular flexibility index (Phi) is 7.45. The SMILES string of the molecule is C#CCN(CC(=O)Nc1ccccc1C(=O)NCc1ccccc1)C1CCS(=O)(=O)C1. The maximum Gasteiger partial charge on any atom is 0.253 e. The Labute approximate surface area is 182 Å². The van der Waals surface area contributed by atoms with Gasteiger partial charge in [-0.05, 0) is 24.1 Å². The molecule has 1 saturated heterocycles. The first-order chi connectivity index (χ1) is 14.9. The topological polar surface area (TPSA) is 95.6 Å². The molecule has 162 valence electrons. The average Bonchev–Trinajstić information content (AvgIpc) is 3.12. The van der Waals surface area contributed by atoms with Gasteiger partial charge in [-0.15, -0.1) is 6.42 Å². The summed E-state index contributed by atoms with van der Waals surface area (Å²) in [7, 11) is -3.10. The predicted octanol–water partition coefficient (Wildman–Crippen LogP) is 1.68. The number of hydrogen-bond donors (Lipinski definition) is 2. The van der Waals surface area contributed by atoms with E-state index in [0.717, 1.165) is 5.56 Å². The van der Waals surface area contributed by atoms with Gasteiger partial charge < -0.3 is 10.6 Å². The van der Waals surface area contributed by atoms with Gasteiger partial charge in [0.25, 0.3) is 5.91 Å². The van der Waals surface area contributed by atoms with Crippen LogP contribution in [0.4, 0.5) is 5.69 Å². The fourth-order valence-electron chi connectivity index (χ4n) is 3.53. The van der Waals surface area contributed by atoms with Crippen LogP contribution < -0.4 is 10.6 Å². The molecule has 0 aromatic heterocycles. The molecule has 0 aliphatic carbocycles. The van der Waals surface area contributed by atoms with Crippen LogP contribution in [0.3, 0.4) is 0 Å². The summed E-state index contributed by atoms with van der Waals surface area (Å²) in [4.78, 5) is 27.0. The zero-order chi connectivity index (χ0) is 22.3. The summed E-state index contributed by atoms with van der Waals surface area (Å²) in [6, 6.07) is 16.0. The molecule has 2 aromatic carbocycles. The largest absolute Gasteiger partial charge is 0.348 e. The minimum absolute atomic E-state index is 0.000435. The molecule has 2 N–H and O–H groups in total. The van der Waals surface area contributed by atoms with E-state index in [-0.39, 0.29) is 42.5 Å². The summed E-state index contributed by atoms with van der Waals surface area (Å²) in [5.74, 6) is 1.93. The third kappa shape index (κ3) is 6.41. The number of anilines is 1. The summed E-state index contributed by atoms with van der Waals surface area (Å²) < 4.78 is 23.6. The van der Waals surface area contributed by atoms with Crippen molar-refractivity contribution in [3.05, 3.63) is 65.7 Å². The second kappa shape index (κ2) is 10.2. The third-order valence-corrected chi connectivity index (χ3v) is 6.86. The van der Waals surface area contributed by atoms with Gasteiger partial charge in [-0.3, -0.25) is 14.5 Å². The van der Waals surface area contributed by atoms with Gasteiger partial charge in [0, 0.05) is 12.6 Å². The van der Waals surface area contributed by atoms with Crippen molar-refractivity contribution in [2.24, 2.45) is 0 Å². The highest BCUT2D eigenvalue weighted by atomic mass is 32.2. The van der Waals surface area contributed by atoms with E-state index in [9.17, 15) is 18.0 Å². The molecule has 0 spiro atoms. The quantitative estimate of drug-likeness (QED) is 0.610. The highest BCUT2D eigenvalue weighted by Gasteiger charge is 2.32. The van der Waals surface area contributed by atoms with Crippen molar-refractivity contribution in [2.45, 2.75) is 19.0 Å². The van der Waals surface area contributed by atoms with Gasteiger partial charge in [0.05, 0.1) is 35.8 Å². The molecule has 2 aromatic rings. The van der Waals surface area contributed by atoms with Crippen molar-refractivity contribution >= 4 is 27.3 Å². The molecular weight excluding hydrogens is 414 g/mol. The van der Waals surface area contributed by atoms with Gasteiger partial charge in [0.15, 0.2) is 9.84 Å². The molecular formula is C23H25N3O4S. The highest BCUT2D eigenvalue weighted by Crippen LogP contribution is 2.19. The van der Waals surface area contributed by atoms with Gasteiger partial charge in [0.1, 0.15) is 0 Å². The molecule has 7 nitrogen and oxygen atoms in total. The van der Waals surface area contributed by atoms with Crippen LogP contribution in [0.1, 0.15) is 22.3 Å².